The van der Waals surface area contributed by atoms with Gasteiger partial charge in [-0.2, -0.15) is 0 Å². The predicted octanol–water partition coefficient (Wildman–Crippen LogP) is 1.53. The van der Waals surface area contributed by atoms with Crippen LogP contribution in [0.15, 0.2) is 18.7 Å². The van der Waals surface area contributed by atoms with Crippen molar-refractivity contribution in [1.82, 2.24) is 19.6 Å². The molecule has 1 N–H and O–H groups in total. The van der Waals surface area contributed by atoms with Gasteiger partial charge in [0.15, 0.2) is 0 Å². The highest BCUT2D eigenvalue weighted by molar-refractivity contribution is 7.05. The summed E-state index contributed by atoms with van der Waals surface area (Å²) < 4.78 is 3.88. The minimum atomic E-state index is -0.737. The van der Waals surface area contributed by atoms with Crippen molar-refractivity contribution in [3.63, 3.8) is 0 Å². The first-order valence-electron chi connectivity index (χ1n) is 4.95. The third-order valence-electron chi connectivity index (χ3n) is 2.23. The molecule has 0 aliphatic carbocycles. The number of nitrogens with zero attached hydrogens (tertiary/aromatic N) is 4. The highest BCUT2D eigenvalue weighted by Crippen LogP contribution is 2.29. The molecule has 2 rings (SSSR count). The molecule has 0 radical (unpaired) electrons. The van der Waals surface area contributed by atoms with Crippen LogP contribution in [0.4, 0.5) is 0 Å². The fourth-order valence-electron chi connectivity index (χ4n) is 1.40. The fraction of sp³-hybridized carbons (Fsp3) is 0.400. The zero-order chi connectivity index (χ0) is 11.5. The molecule has 2 aromatic rings. The second kappa shape index (κ2) is 4.63. The lowest BCUT2D eigenvalue weighted by molar-refractivity contribution is 0.221. The maximum atomic E-state index is 10.2. The zero-order valence-electron chi connectivity index (χ0n) is 9.03. The molecule has 0 aliphatic rings. The van der Waals surface area contributed by atoms with E-state index in [4.69, 9.17) is 0 Å². The molecule has 84 valence electrons. The number of aliphatic hydroxyl groups excluding tert-OH is 1. The molecule has 1 unspecified atom stereocenters. The lowest BCUT2D eigenvalue weighted by Crippen LogP contribution is -2.03. The van der Waals surface area contributed by atoms with Crippen molar-refractivity contribution < 1.29 is 5.11 Å². The van der Waals surface area contributed by atoms with Gasteiger partial charge in [0.2, 0.25) is 0 Å². The van der Waals surface area contributed by atoms with Gasteiger partial charge >= 0.3 is 0 Å². The van der Waals surface area contributed by atoms with Crippen molar-refractivity contribution in [2.75, 3.05) is 0 Å². The first kappa shape index (κ1) is 11.1. The summed E-state index contributed by atoms with van der Waals surface area (Å²) in [6, 6.07) is 0. The maximum absolute atomic E-state index is 10.2. The Morgan fingerprint density at radius 2 is 1.94 bits per heavy atom. The van der Waals surface area contributed by atoms with E-state index in [9.17, 15) is 5.11 Å². The number of hydrogen-bond acceptors (Lipinski definition) is 6. The van der Waals surface area contributed by atoms with Gasteiger partial charge in [-0.1, -0.05) is 18.3 Å². The summed E-state index contributed by atoms with van der Waals surface area (Å²) in [4.78, 5) is 8.53. The molecular weight excluding hydrogens is 224 g/mol. The van der Waals surface area contributed by atoms with E-state index in [1.807, 2.05) is 13.8 Å². The lowest BCUT2D eigenvalue weighted by atomic mass is 10.0. The van der Waals surface area contributed by atoms with Gasteiger partial charge in [-0.25, -0.2) is 9.97 Å². The first-order chi connectivity index (χ1) is 7.70. The van der Waals surface area contributed by atoms with E-state index in [0.717, 1.165) is 10.6 Å². The molecule has 0 saturated carbocycles. The largest absolute Gasteiger partial charge is 0.383 e. The Morgan fingerprint density at radius 1 is 1.25 bits per heavy atom. The molecule has 16 heavy (non-hydrogen) atoms. The fourth-order valence-corrected chi connectivity index (χ4v) is 2.22. The summed E-state index contributed by atoms with van der Waals surface area (Å²) in [5.74, 6) is 0.244. The number of rotatable bonds is 3. The average molecular weight is 236 g/mol. The topological polar surface area (TPSA) is 71.8 Å². The number of hydrogen-bond donors (Lipinski definition) is 1. The smallest absolute Gasteiger partial charge is 0.120 e. The maximum Gasteiger partial charge on any atom is 0.120 e. The Labute approximate surface area is 97.4 Å². The Kier molecular flexibility index (Phi) is 3.21. The van der Waals surface area contributed by atoms with Gasteiger partial charge < -0.3 is 5.11 Å². The molecule has 5 nitrogen and oxygen atoms in total. The van der Waals surface area contributed by atoms with Crippen molar-refractivity contribution in [3.8, 4) is 0 Å². The second-order valence-electron chi connectivity index (χ2n) is 3.75. The molecule has 0 saturated heterocycles. The molecular formula is C10H12N4OS. The van der Waals surface area contributed by atoms with Gasteiger partial charge in [-0.05, 0) is 17.5 Å². The van der Waals surface area contributed by atoms with Crippen LogP contribution in [0.25, 0.3) is 0 Å². The van der Waals surface area contributed by atoms with Crippen LogP contribution in [-0.2, 0) is 0 Å². The number of aliphatic hydroxyl groups is 1. The van der Waals surface area contributed by atoms with Gasteiger partial charge in [-0.15, -0.1) is 5.10 Å². The van der Waals surface area contributed by atoms with E-state index in [1.54, 1.807) is 12.4 Å². The molecule has 0 amide bonds. The van der Waals surface area contributed by atoms with E-state index in [0.29, 0.717) is 5.56 Å². The average Bonchev–Trinajstić information content (AvgIpc) is 2.78. The summed E-state index contributed by atoms with van der Waals surface area (Å²) >= 11 is 1.21. The molecule has 2 heterocycles. The van der Waals surface area contributed by atoms with Crippen LogP contribution in [0.2, 0.25) is 0 Å². The van der Waals surface area contributed by atoms with E-state index < -0.39 is 6.10 Å². The monoisotopic (exact) mass is 236 g/mol. The van der Waals surface area contributed by atoms with Gasteiger partial charge in [0, 0.05) is 18.0 Å². The van der Waals surface area contributed by atoms with Gasteiger partial charge in [0.1, 0.15) is 12.4 Å². The van der Waals surface area contributed by atoms with E-state index in [2.05, 4.69) is 19.6 Å². The Balaban J connectivity index is 2.34. The van der Waals surface area contributed by atoms with Gasteiger partial charge in [0.25, 0.3) is 0 Å². The van der Waals surface area contributed by atoms with Crippen molar-refractivity contribution in [2.45, 2.75) is 25.9 Å². The highest BCUT2D eigenvalue weighted by Gasteiger charge is 2.20. The molecule has 6 heteroatoms. The third-order valence-corrected chi connectivity index (χ3v) is 3.02. The van der Waals surface area contributed by atoms with Crippen LogP contribution < -0.4 is 0 Å². The van der Waals surface area contributed by atoms with Crippen LogP contribution in [0.3, 0.4) is 0 Å². The lowest BCUT2D eigenvalue weighted by Gasteiger charge is -2.10. The molecule has 0 bridgehead atoms. The number of aromatic nitrogens is 4. The Morgan fingerprint density at radius 3 is 2.56 bits per heavy atom. The molecule has 0 aliphatic heterocycles. The molecule has 0 aromatic carbocycles. The Bertz CT molecular complexity index is 457. The summed E-state index contributed by atoms with van der Waals surface area (Å²) in [5, 5.41) is 14.2. The van der Waals surface area contributed by atoms with Crippen molar-refractivity contribution >= 4 is 11.5 Å². The van der Waals surface area contributed by atoms with E-state index in [-0.39, 0.29) is 5.92 Å². The van der Waals surface area contributed by atoms with Crippen LogP contribution in [0, 0.1) is 0 Å². The van der Waals surface area contributed by atoms with Crippen LogP contribution in [0.5, 0.6) is 0 Å². The van der Waals surface area contributed by atoms with Crippen LogP contribution in [-0.4, -0.2) is 24.7 Å². The quantitative estimate of drug-likeness (QED) is 0.875. The van der Waals surface area contributed by atoms with Gasteiger partial charge in [-0.3, -0.25) is 0 Å². The van der Waals surface area contributed by atoms with Crippen LogP contribution in [0.1, 0.15) is 42.0 Å². The third kappa shape index (κ3) is 2.07. The minimum Gasteiger partial charge on any atom is -0.383 e. The summed E-state index contributed by atoms with van der Waals surface area (Å²) in [7, 11) is 0. The van der Waals surface area contributed by atoms with E-state index >= 15 is 0 Å². The minimum absolute atomic E-state index is 0.244. The highest BCUT2D eigenvalue weighted by atomic mass is 32.1. The molecule has 0 spiro atoms. The summed E-state index contributed by atoms with van der Waals surface area (Å²) in [6.07, 6.45) is 3.90. The summed E-state index contributed by atoms with van der Waals surface area (Å²) in [5.41, 5.74) is 1.50. The van der Waals surface area contributed by atoms with Crippen molar-refractivity contribution in [3.05, 3.63) is 34.9 Å². The second-order valence-corrected chi connectivity index (χ2v) is 4.54. The van der Waals surface area contributed by atoms with Crippen LogP contribution >= 0.6 is 11.5 Å². The zero-order valence-corrected chi connectivity index (χ0v) is 9.85. The molecule has 1 atom stereocenters. The molecule has 2 aromatic heterocycles. The van der Waals surface area contributed by atoms with Crippen molar-refractivity contribution in [2.24, 2.45) is 0 Å². The molecule has 0 fully saturated rings. The standard InChI is InChI=1S/C10H12N4OS/c1-6(2)8-10(16-14-13-8)9(15)7-3-11-5-12-4-7/h3-6,9,15H,1-2H3. The van der Waals surface area contributed by atoms with E-state index in [1.165, 1.54) is 17.9 Å². The SMILES string of the molecule is CC(C)c1nnsc1C(O)c1cncnc1. The Hall–Kier alpha value is -1.40. The van der Waals surface area contributed by atoms with Gasteiger partial charge in [0.05, 0.1) is 10.6 Å². The normalized spacial score (nSPS) is 13.0. The predicted molar refractivity (Wildman–Crippen MR) is 60.1 cm³/mol. The van der Waals surface area contributed by atoms with Crippen molar-refractivity contribution in [1.29, 1.82) is 0 Å². The summed E-state index contributed by atoms with van der Waals surface area (Å²) in [6.45, 7) is 4.04. The first-order valence-corrected chi connectivity index (χ1v) is 5.72.